The summed E-state index contributed by atoms with van der Waals surface area (Å²) in [6, 6.07) is 9.88. The second-order valence-electron chi connectivity index (χ2n) is 8.38. The summed E-state index contributed by atoms with van der Waals surface area (Å²) in [6.07, 6.45) is 2.80. The number of piperidine rings is 2. The summed E-state index contributed by atoms with van der Waals surface area (Å²) >= 11 is 0. The molecule has 3 aliphatic rings. The summed E-state index contributed by atoms with van der Waals surface area (Å²) in [4.78, 5) is 30.4. The number of benzene rings is 1. The highest BCUT2D eigenvalue weighted by Gasteiger charge is 2.62. The number of likely N-dealkylation sites (N-methyl/N-ethyl adjacent to an activating group) is 1. The van der Waals surface area contributed by atoms with Crippen LogP contribution in [-0.2, 0) is 19.1 Å². The maximum Gasteiger partial charge on any atom is 0.255 e. The summed E-state index contributed by atoms with van der Waals surface area (Å²) in [6.45, 7) is 3.18. The van der Waals surface area contributed by atoms with E-state index in [1.807, 2.05) is 49.2 Å². The SMILES string of the molecule is COC[C@@H]1[C@H]2CCCCN2C(=O)C[C@]12O[C@H](c1ccccc1)[C@H](C)N(C)C2=O. The fourth-order valence-corrected chi connectivity index (χ4v) is 5.29. The van der Waals surface area contributed by atoms with E-state index in [0.29, 0.717) is 6.61 Å². The first kappa shape index (κ1) is 19.4. The molecule has 1 spiro atoms. The molecule has 0 N–H and O–H groups in total. The molecule has 4 rings (SSSR count). The highest BCUT2D eigenvalue weighted by atomic mass is 16.5. The molecule has 0 unspecified atom stereocenters. The zero-order valence-electron chi connectivity index (χ0n) is 17.0. The maximum absolute atomic E-state index is 13.6. The van der Waals surface area contributed by atoms with Crippen LogP contribution in [0.1, 0.15) is 44.3 Å². The van der Waals surface area contributed by atoms with E-state index in [0.717, 1.165) is 31.4 Å². The minimum Gasteiger partial charge on any atom is -0.384 e. The average molecular weight is 386 g/mol. The number of carbonyl (C=O) groups is 2. The normalized spacial score (nSPS) is 36.0. The van der Waals surface area contributed by atoms with Crippen molar-refractivity contribution >= 4 is 11.8 Å². The molecule has 28 heavy (non-hydrogen) atoms. The zero-order valence-corrected chi connectivity index (χ0v) is 17.0. The first-order valence-corrected chi connectivity index (χ1v) is 10.3. The molecule has 3 heterocycles. The van der Waals surface area contributed by atoms with Crippen LogP contribution in [0.4, 0.5) is 0 Å². The van der Waals surface area contributed by atoms with Crippen molar-refractivity contribution in [3.8, 4) is 0 Å². The van der Waals surface area contributed by atoms with Gasteiger partial charge in [0, 0.05) is 32.7 Å². The number of fused-ring (bicyclic) bond motifs is 1. The minimum atomic E-state index is -1.16. The van der Waals surface area contributed by atoms with Crippen LogP contribution in [0.2, 0.25) is 0 Å². The first-order chi connectivity index (χ1) is 13.5. The number of rotatable bonds is 3. The summed E-state index contributed by atoms with van der Waals surface area (Å²) < 4.78 is 12.2. The van der Waals surface area contributed by atoms with Crippen molar-refractivity contribution < 1.29 is 19.1 Å². The Bertz CT molecular complexity index is 739. The molecule has 1 aromatic rings. The van der Waals surface area contributed by atoms with Gasteiger partial charge in [0.25, 0.3) is 5.91 Å². The first-order valence-electron chi connectivity index (χ1n) is 10.3. The molecule has 2 amide bonds. The van der Waals surface area contributed by atoms with E-state index in [1.54, 1.807) is 12.0 Å². The standard InChI is InChI=1S/C22H30N2O4/c1-15-20(16-9-5-4-6-10-16)28-22(21(26)23(15)2)13-19(25)24-12-8-7-11-18(24)17(22)14-27-3/h4-6,9-10,15,17-18,20H,7-8,11-14H2,1-3H3/t15-,17+,18+,20-,22-/m0/s1. The molecule has 0 aromatic heterocycles. The number of methoxy groups -OCH3 is 1. The third kappa shape index (κ3) is 2.94. The van der Waals surface area contributed by atoms with Crippen LogP contribution in [0.3, 0.4) is 0 Å². The second-order valence-corrected chi connectivity index (χ2v) is 8.38. The van der Waals surface area contributed by atoms with E-state index in [-0.39, 0.29) is 42.3 Å². The van der Waals surface area contributed by atoms with Gasteiger partial charge in [-0.2, -0.15) is 0 Å². The molecule has 3 saturated heterocycles. The number of hydrogen-bond acceptors (Lipinski definition) is 4. The predicted octanol–water partition coefficient (Wildman–Crippen LogP) is 2.39. The molecule has 0 bridgehead atoms. The van der Waals surface area contributed by atoms with Crippen molar-refractivity contribution in [3.05, 3.63) is 35.9 Å². The lowest BCUT2D eigenvalue weighted by atomic mass is 9.70. The van der Waals surface area contributed by atoms with Crippen molar-refractivity contribution in [1.29, 1.82) is 0 Å². The number of hydrogen-bond donors (Lipinski definition) is 0. The topological polar surface area (TPSA) is 59.1 Å². The van der Waals surface area contributed by atoms with Gasteiger partial charge in [0.2, 0.25) is 5.91 Å². The molecule has 3 aliphatic heterocycles. The largest absolute Gasteiger partial charge is 0.384 e. The van der Waals surface area contributed by atoms with E-state index >= 15 is 0 Å². The zero-order chi connectivity index (χ0) is 19.9. The Balaban J connectivity index is 1.77. The van der Waals surface area contributed by atoms with Crippen LogP contribution in [0.25, 0.3) is 0 Å². The Labute approximate surface area is 166 Å². The number of ether oxygens (including phenoxy) is 2. The highest BCUT2D eigenvalue weighted by molar-refractivity contribution is 5.94. The Morgan fingerprint density at radius 1 is 1.21 bits per heavy atom. The lowest BCUT2D eigenvalue weighted by molar-refractivity contribution is -0.232. The fraction of sp³-hybridized carbons (Fsp3) is 0.636. The quantitative estimate of drug-likeness (QED) is 0.800. The van der Waals surface area contributed by atoms with Gasteiger partial charge >= 0.3 is 0 Å². The summed E-state index contributed by atoms with van der Waals surface area (Å²) in [5.41, 5.74) is -0.128. The smallest absolute Gasteiger partial charge is 0.255 e. The molecule has 152 valence electrons. The lowest BCUT2D eigenvalue weighted by Crippen LogP contribution is -2.71. The number of morpholine rings is 1. The molecule has 6 nitrogen and oxygen atoms in total. The van der Waals surface area contributed by atoms with Crippen LogP contribution < -0.4 is 0 Å². The Morgan fingerprint density at radius 3 is 2.68 bits per heavy atom. The van der Waals surface area contributed by atoms with Crippen LogP contribution in [-0.4, -0.2) is 66.6 Å². The van der Waals surface area contributed by atoms with Gasteiger partial charge in [0.05, 0.1) is 19.1 Å². The third-order valence-electron chi connectivity index (χ3n) is 6.89. The molecule has 0 saturated carbocycles. The average Bonchev–Trinajstić information content (AvgIpc) is 2.73. The monoisotopic (exact) mass is 386 g/mol. The Morgan fingerprint density at radius 2 is 1.96 bits per heavy atom. The van der Waals surface area contributed by atoms with Crippen LogP contribution >= 0.6 is 0 Å². The summed E-state index contributed by atoms with van der Waals surface area (Å²) in [7, 11) is 3.49. The van der Waals surface area contributed by atoms with Crippen LogP contribution in [0.15, 0.2) is 30.3 Å². The third-order valence-corrected chi connectivity index (χ3v) is 6.89. The molecule has 6 heteroatoms. The van der Waals surface area contributed by atoms with Gasteiger partial charge in [-0.1, -0.05) is 30.3 Å². The predicted molar refractivity (Wildman–Crippen MR) is 105 cm³/mol. The van der Waals surface area contributed by atoms with Gasteiger partial charge in [-0.05, 0) is 31.7 Å². The van der Waals surface area contributed by atoms with Crippen molar-refractivity contribution in [2.75, 3.05) is 27.3 Å². The molecule has 5 atom stereocenters. The highest BCUT2D eigenvalue weighted by Crippen LogP contribution is 2.47. The van der Waals surface area contributed by atoms with Crippen LogP contribution in [0.5, 0.6) is 0 Å². The molecule has 1 aromatic carbocycles. The van der Waals surface area contributed by atoms with Crippen molar-refractivity contribution in [1.82, 2.24) is 9.80 Å². The van der Waals surface area contributed by atoms with Crippen molar-refractivity contribution in [3.63, 3.8) is 0 Å². The maximum atomic E-state index is 13.6. The van der Waals surface area contributed by atoms with E-state index in [4.69, 9.17) is 9.47 Å². The van der Waals surface area contributed by atoms with Gasteiger partial charge in [-0.3, -0.25) is 9.59 Å². The number of nitrogens with zero attached hydrogens (tertiary/aromatic N) is 2. The number of amides is 2. The second kappa shape index (κ2) is 7.48. The van der Waals surface area contributed by atoms with E-state index in [9.17, 15) is 9.59 Å². The molecule has 0 aliphatic carbocycles. The molecule has 3 fully saturated rings. The van der Waals surface area contributed by atoms with E-state index in [2.05, 4.69) is 0 Å². The Kier molecular flexibility index (Phi) is 5.19. The minimum absolute atomic E-state index is 0.00266. The van der Waals surface area contributed by atoms with E-state index < -0.39 is 5.60 Å². The fourth-order valence-electron chi connectivity index (χ4n) is 5.29. The molecular weight excluding hydrogens is 356 g/mol. The van der Waals surface area contributed by atoms with Crippen LogP contribution in [0, 0.1) is 5.92 Å². The summed E-state index contributed by atoms with van der Waals surface area (Å²) in [5.74, 6) is -0.225. The van der Waals surface area contributed by atoms with Gasteiger partial charge in [-0.25, -0.2) is 0 Å². The summed E-state index contributed by atoms with van der Waals surface area (Å²) in [5, 5.41) is 0. The lowest BCUT2D eigenvalue weighted by Gasteiger charge is -2.57. The van der Waals surface area contributed by atoms with Gasteiger partial charge in [0.15, 0.2) is 5.60 Å². The van der Waals surface area contributed by atoms with Crippen molar-refractivity contribution in [2.45, 2.75) is 56.4 Å². The van der Waals surface area contributed by atoms with Gasteiger partial charge in [-0.15, -0.1) is 0 Å². The van der Waals surface area contributed by atoms with Gasteiger partial charge < -0.3 is 19.3 Å². The van der Waals surface area contributed by atoms with E-state index in [1.165, 1.54) is 0 Å². The van der Waals surface area contributed by atoms with Gasteiger partial charge in [0.1, 0.15) is 6.10 Å². The number of carbonyl (C=O) groups excluding carboxylic acids is 2. The molecule has 0 radical (unpaired) electrons. The van der Waals surface area contributed by atoms with Crippen molar-refractivity contribution in [2.24, 2.45) is 5.92 Å². The Hall–Kier alpha value is -1.92. The molecular formula is C22H30N2O4.